The Morgan fingerprint density at radius 1 is 1.09 bits per heavy atom. The smallest absolute Gasteiger partial charge is 0.209 e. The zero-order valence-electron chi connectivity index (χ0n) is 19.2. The molecule has 4 rings (SSSR count). The van der Waals surface area contributed by atoms with E-state index in [1.165, 1.54) is 6.07 Å². The minimum absolute atomic E-state index is 0.0265. The fourth-order valence-electron chi connectivity index (χ4n) is 5.76. The summed E-state index contributed by atoms with van der Waals surface area (Å²) in [5.41, 5.74) is -1.89. The van der Waals surface area contributed by atoms with Gasteiger partial charge in [-0.05, 0) is 57.5 Å². The zero-order chi connectivity index (χ0) is 24.6. The van der Waals surface area contributed by atoms with Crippen molar-refractivity contribution >= 4 is 23.0 Å². The average Bonchev–Trinajstić information content (AvgIpc) is 2.70. The van der Waals surface area contributed by atoms with Gasteiger partial charge >= 0.3 is 0 Å². The van der Waals surface area contributed by atoms with Crippen LogP contribution in [0.15, 0.2) is 34.8 Å². The summed E-state index contributed by atoms with van der Waals surface area (Å²) in [5.74, 6) is -5.59. The molecule has 3 aliphatic rings. The summed E-state index contributed by atoms with van der Waals surface area (Å²) >= 11 is 0. The van der Waals surface area contributed by atoms with Crippen molar-refractivity contribution in [2.24, 2.45) is 11.8 Å². The molecule has 0 saturated carbocycles. The van der Waals surface area contributed by atoms with Gasteiger partial charge in [-0.3, -0.25) is 19.3 Å². The van der Waals surface area contributed by atoms with Crippen LogP contribution in [-0.2, 0) is 16.0 Å². The van der Waals surface area contributed by atoms with E-state index in [0.29, 0.717) is 5.56 Å². The largest absolute Gasteiger partial charge is 0.510 e. The first-order chi connectivity index (χ1) is 15.3. The number of likely N-dealkylation sites (N-methyl/N-ethyl adjacent to an activating group) is 1. The number of nitrogens with zero attached hydrogens (tertiary/aromatic N) is 2. The Kier molecular flexibility index (Phi) is 5.18. The summed E-state index contributed by atoms with van der Waals surface area (Å²) in [4.78, 5) is 42.4. The minimum atomic E-state index is -2.55. The van der Waals surface area contributed by atoms with Gasteiger partial charge in [0.25, 0.3) is 0 Å². The Morgan fingerprint density at radius 3 is 2.27 bits per heavy atom. The summed E-state index contributed by atoms with van der Waals surface area (Å²) in [7, 11) is 6.89. The van der Waals surface area contributed by atoms with Crippen LogP contribution < -0.4 is 4.90 Å². The quantitative estimate of drug-likeness (QED) is 0.496. The Morgan fingerprint density at radius 2 is 1.73 bits per heavy atom. The van der Waals surface area contributed by atoms with Gasteiger partial charge < -0.3 is 25.3 Å². The number of anilines is 1. The number of phenolic OH excluding ortho intramolecular Hbond substituents is 1. The summed E-state index contributed by atoms with van der Waals surface area (Å²) in [5, 5.41) is 44.1. The van der Waals surface area contributed by atoms with Gasteiger partial charge in [0.05, 0.1) is 11.6 Å². The molecule has 0 unspecified atom stereocenters. The maximum absolute atomic E-state index is 13.5. The van der Waals surface area contributed by atoms with Crippen LogP contribution in [0.1, 0.15) is 29.3 Å². The normalized spacial score (nSPS) is 29.1. The Hall–Kier alpha value is -3.17. The van der Waals surface area contributed by atoms with Gasteiger partial charge in [-0.25, -0.2) is 0 Å². The number of allylic oxidation sites excluding steroid dienone is 1. The summed E-state index contributed by atoms with van der Waals surface area (Å²) in [6, 6.07) is 2.17. The van der Waals surface area contributed by atoms with Gasteiger partial charge in [-0.1, -0.05) is 0 Å². The summed E-state index contributed by atoms with van der Waals surface area (Å²) < 4.78 is 0. The Labute approximate surface area is 191 Å². The molecule has 0 heterocycles. The lowest BCUT2D eigenvalue weighted by Crippen LogP contribution is -2.63. The van der Waals surface area contributed by atoms with Crippen LogP contribution in [0.3, 0.4) is 0 Å². The molecule has 0 amide bonds. The monoisotopic (exact) mass is 456 g/mol. The van der Waals surface area contributed by atoms with Crippen LogP contribution >= 0.6 is 0 Å². The number of carbonyl (C=O) groups excluding carboxylic acids is 3. The van der Waals surface area contributed by atoms with Crippen molar-refractivity contribution in [2.75, 3.05) is 33.1 Å². The minimum Gasteiger partial charge on any atom is -0.510 e. The molecule has 0 aliphatic heterocycles. The molecule has 4 atom stereocenters. The summed E-state index contributed by atoms with van der Waals surface area (Å²) in [6.45, 7) is 1.10. The number of aliphatic hydroxyl groups is 3. The van der Waals surface area contributed by atoms with Gasteiger partial charge in [0, 0.05) is 31.3 Å². The van der Waals surface area contributed by atoms with Crippen LogP contribution in [0.5, 0.6) is 5.75 Å². The molecule has 0 spiro atoms. The predicted octanol–water partition coefficient (Wildman–Crippen LogP) is 1.29. The third-order valence-corrected chi connectivity index (χ3v) is 7.17. The van der Waals surface area contributed by atoms with E-state index in [9.17, 15) is 34.8 Å². The van der Waals surface area contributed by atoms with E-state index in [2.05, 4.69) is 0 Å². The van der Waals surface area contributed by atoms with Gasteiger partial charge in [0.2, 0.25) is 5.78 Å². The number of hydrogen-bond acceptors (Lipinski definition) is 9. The number of Topliss-reactive ketones (excluding diaryl/α,β-unsaturated/α-hetero) is 3. The van der Waals surface area contributed by atoms with Crippen molar-refractivity contribution in [3.63, 3.8) is 0 Å². The number of benzene rings is 1. The molecule has 9 nitrogen and oxygen atoms in total. The first-order valence-electron chi connectivity index (χ1n) is 10.7. The SMILES string of the molecule is CC(=O)C1=C(O)[C@@H](N(C)C)[C@@H]2C[C@@H]3Cc4c(N(C)C)ccc(O)c4C(=O)C3=C(O)[C@]2(O)C1=O. The maximum atomic E-state index is 13.5. The first kappa shape index (κ1) is 23.0. The van der Waals surface area contributed by atoms with Crippen molar-refractivity contribution in [3.8, 4) is 5.75 Å². The number of rotatable bonds is 3. The zero-order valence-corrected chi connectivity index (χ0v) is 19.2. The molecule has 0 fully saturated rings. The molecular formula is C24H28N2O7. The maximum Gasteiger partial charge on any atom is 0.209 e. The van der Waals surface area contributed by atoms with E-state index in [4.69, 9.17) is 0 Å². The summed E-state index contributed by atoms with van der Waals surface area (Å²) in [6.07, 6.45) is 0.390. The standard InChI is InChI=1S/C24H28N2O7/c1-10(27)16-21(30)19(26(4)5)13-9-11-8-12-14(25(2)3)6-7-15(28)18(12)20(29)17(11)23(32)24(13,33)22(16)31/h6-7,11,13,19,28,30,32-33H,8-9H2,1-5H3/t11-,13-,19-,24+/m0/s1. The van der Waals surface area contributed by atoms with Crippen LogP contribution in [0, 0.1) is 11.8 Å². The van der Waals surface area contributed by atoms with Crippen LogP contribution in [0.4, 0.5) is 5.69 Å². The predicted molar refractivity (Wildman–Crippen MR) is 119 cm³/mol. The molecule has 0 radical (unpaired) electrons. The number of hydrogen-bond donors (Lipinski definition) is 4. The van der Waals surface area contributed by atoms with Crippen molar-refractivity contribution in [3.05, 3.63) is 45.9 Å². The Bertz CT molecular complexity index is 1160. The highest BCUT2D eigenvalue weighted by Crippen LogP contribution is 2.53. The number of fused-ring (bicyclic) bond motifs is 3. The highest BCUT2D eigenvalue weighted by atomic mass is 16.3. The molecule has 1 aromatic rings. The topological polar surface area (TPSA) is 139 Å². The molecule has 176 valence electrons. The van der Waals surface area contributed by atoms with Gasteiger partial charge in [0.15, 0.2) is 17.2 Å². The third-order valence-electron chi connectivity index (χ3n) is 7.17. The molecule has 0 aromatic heterocycles. The van der Waals surface area contributed by atoms with Gasteiger partial charge in [-0.2, -0.15) is 0 Å². The molecule has 0 saturated heterocycles. The number of carbonyl (C=O) groups is 3. The van der Waals surface area contributed by atoms with Crippen molar-refractivity contribution in [2.45, 2.75) is 31.4 Å². The van der Waals surface area contributed by atoms with Crippen molar-refractivity contribution < 1.29 is 34.8 Å². The second-order valence-corrected chi connectivity index (χ2v) is 9.51. The van der Waals surface area contributed by atoms with Crippen LogP contribution in [0.25, 0.3) is 0 Å². The fourth-order valence-corrected chi connectivity index (χ4v) is 5.76. The average molecular weight is 456 g/mol. The molecule has 3 aliphatic carbocycles. The number of aromatic hydroxyl groups is 1. The number of aliphatic hydroxyl groups excluding tert-OH is 2. The van der Waals surface area contributed by atoms with E-state index in [1.807, 2.05) is 19.0 Å². The molecular weight excluding hydrogens is 428 g/mol. The number of ketones is 3. The van der Waals surface area contributed by atoms with E-state index in [1.54, 1.807) is 25.1 Å². The highest BCUT2D eigenvalue weighted by molar-refractivity contribution is 6.25. The molecule has 4 N–H and O–H groups in total. The third kappa shape index (κ3) is 2.95. The molecule has 1 aromatic carbocycles. The second-order valence-electron chi connectivity index (χ2n) is 9.51. The molecule has 33 heavy (non-hydrogen) atoms. The van der Waals surface area contributed by atoms with E-state index in [-0.39, 0.29) is 29.7 Å². The lowest BCUT2D eigenvalue weighted by molar-refractivity contribution is -0.148. The van der Waals surface area contributed by atoms with E-state index in [0.717, 1.165) is 12.6 Å². The Balaban J connectivity index is 1.98. The van der Waals surface area contributed by atoms with Crippen molar-refractivity contribution in [1.82, 2.24) is 4.90 Å². The lowest BCUT2D eigenvalue weighted by atomic mass is 9.58. The van der Waals surface area contributed by atoms with Crippen LogP contribution in [0.2, 0.25) is 0 Å². The van der Waals surface area contributed by atoms with Crippen molar-refractivity contribution in [1.29, 1.82) is 0 Å². The van der Waals surface area contributed by atoms with E-state index < -0.39 is 57.9 Å². The van der Waals surface area contributed by atoms with Gasteiger partial charge in [0.1, 0.15) is 22.8 Å². The second kappa shape index (κ2) is 7.43. The lowest BCUT2D eigenvalue weighted by Gasteiger charge is -2.50. The highest BCUT2D eigenvalue weighted by Gasteiger charge is 2.63. The molecule has 0 bridgehead atoms. The molecule has 9 heteroatoms. The van der Waals surface area contributed by atoms with E-state index >= 15 is 0 Å². The fraction of sp³-hybridized carbons (Fsp3) is 0.458. The first-order valence-corrected chi connectivity index (χ1v) is 10.7. The number of phenols is 1. The van der Waals surface area contributed by atoms with Gasteiger partial charge in [-0.15, -0.1) is 0 Å². The van der Waals surface area contributed by atoms with Crippen LogP contribution in [-0.4, -0.2) is 82.5 Å².